The Morgan fingerprint density at radius 3 is 1.47 bits per heavy atom. The van der Waals surface area contributed by atoms with Gasteiger partial charge in [-0.3, -0.25) is 18.6 Å². The molecule has 1 amide bonds. The lowest BCUT2D eigenvalue weighted by molar-refractivity contribution is -0.147. The van der Waals surface area contributed by atoms with Gasteiger partial charge in [-0.05, 0) is 77.0 Å². The van der Waals surface area contributed by atoms with Gasteiger partial charge in [0.25, 0.3) is 0 Å². The number of allylic oxidation sites excluding steroid dienone is 8. The number of rotatable bonds is 43. The average Bonchev–Trinajstić information content (AvgIpc) is 3.20. The summed E-state index contributed by atoms with van der Waals surface area (Å²) in [6.45, 7) is 3.50. The number of hydrogen-bond donors (Lipinski definition) is 3. The molecule has 2 unspecified atom stereocenters. The monoisotopic (exact) mass is 824 g/mol. The van der Waals surface area contributed by atoms with Crippen LogP contribution in [0, 0.1) is 0 Å². The van der Waals surface area contributed by atoms with Crippen LogP contribution in [0.1, 0.15) is 206 Å². The van der Waals surface area contributed by atoms with Gasteiger partial charge in [-0.1, -0.05) is 165 Å². The van der Waals surface area contributed by atoms with Crippen LogP contribution in [0.3, 0.4) is 0 Å². The summed E-state index contributed by atoms with van der Waals surface area (Å²) in [4.78, 5) is 33.9. The van der Waals surface area contributed by atoms with Gasteiger partial charge in [0.15, 0.2) is 0 Å². The van der Waals surface area contributed by atoms with E-state index in [2.05, 4.69) is 67.8 Å². The zero-order chi connectivity index (χ0) is 41.8. The SMILES string of the molecule is CCCCC/C=C\C/C=C\C/C=C\CCCCCCCCCCCCC(=O)OCC(O)COP(=O)(O)OCCNC(=O)CCCCCCC/C=C\CCCCCC. The van der Waals surface area contributed by atoms with Gasteiger partial charge in [-0.15, -0.1) is 0 Å². The first kappa shape index (κ1) is 55.0. The van der Waals surface area contributed by atoms with Gasteiger partial charge in [0.2, 0.25) is 5.91 Å². The molecular formula is C47H86NO8P. The molecule has 0 aromatic rings. The molecule has 2 atom stereocenters. The number of phosphoric ester groups is 1. The van der Waals surface area contributed by atoms with E-state index >= 15 is 0 Å². The third kappa shape index (κ3) is 44.9. The molecule has 0 saturated carbocycles. The van der Waals surface area contributed by atoms with Crippen molar-refractivity contribution in [3.63, 3.8) is 0 Å². The number of phosphoric acid groups is 1. The number of ether oxygens (including phenoxy) is 1. The standard InChI is InChI=1S/C47H86NO8P/c1-3-5-7-9-11-13-15-17-18-19-20-21-22-23-24-25-26-28-30-32-34-36-38-40-47(51)54-43-45(49)44-56-57(52,53)55-42-41-48-46(50)39-37-35-33-31-29-27-16-14-12-10-8-6-4-2/h11,13-14,16-18,20-21,45,49H,3-10,12,15,19,22-44H2,1-2H3,(H,48,50)(H,52,53)/b13-11-,16-14-,18-17-,21-20-. The molecule has 0 aliphatic rings. The Labute approximate surface area is 349 Å². The second kappa shape index (κ2) is 43.5. The van der Waals surface area contributed by atoms with Gasteiger partial charge in [0, 0.05) is 19.4 Å². The fraction of sp³-hybridized carbons (Fsp3) is 0.787. The largest absolute Gasteiger partial charge is 0.472 e. The van der Waals surface area contributed by atoms with Crippen molar-refractivity contribution in [3.8, 4) is 0 Å². The number of carbonyl (C=O) groups excluding carboxylic acids is 2. The number of unbranched alkanes of at least 4 members (excludes halogenated alkanes) is 22. The highest BCUT2D eigenvalue weighted by Gasteiger charge is 2.23. The normalized spacial score (nSPS) is 13.7. The number of aliphatic hydroxyl groups is 1. The molecule has 0 rings (SSSR count). The van der Waals surface area contributed by atoms with Crippen molar-refractivity contribution in [1.82, 2.24) is 5.32 Å². The molecule has 0 radical (unpaired) electrons. The van der Waals surface area contributed by atoms with E-state index in [1.54, 1.807) is 0 Å². The van der Waals surface area contributed by atoms with Crippen LogP contribution in [0.15, 0.2) is 48.6 Å². The molecule has 0 heterocycles. The lowest BCUT2D eigenvalue weighted by atomic mass is 10.1. The molecule has 0 aliphatic heterocycles. The minimum absolute atomic E-state index is 0.0762. The second-order valence-corrected chi connectivity index (χ2v) is 16.8. The van der Waals surface area contributed by atoms with E-state index in [1.165, 1.54) is 116 Å². The summed E-state index contributed by atoms with van der Waals surface area (Å²) in [6.07, 6.45) is 50.4. The van der Waals surface area contributed by atoms with Crippen molar-refractivity contribution < 1.29 is 37.9 Å². The number of esters is 1. The van der Waals surface area contributed by atoms with Crippen LogP contribution >= 0.6 is 7.82 Å². The van der Waals surface area contributed by atoms with Crippen molar-refractivity contribution in [3.05, 3.63) is 48.6 Å². The molecule has 10 heteroatoms. The summed E-state index contributed by atoms with van der Waals surface area (Å²) in [5.74, 6) is -0.529. The van der Waals surface area contributed by atoms with E-state index < -0.39 is 26.5 Å². The number of hydrogen-bond acceptors (Lipinski definition) is 7. The Morgan fingerprint density at radius 2 is 0.947 bits per heavy atom. The number of amides is 1. The van der Waals surface area contributed by atoms with Crippen LogP contribution in [-0.4, -0.2) is 54.3 Å². The molecule has 332 valence electrons. The van der Waals surface area contributed by atoms with E-state index in [1.807, 2.05) is 0 Å². The van der Waals surface area contributed by atoms with Crippen LogP contribution in [0.5, 0.6) is 0 Å². The molecule has 0 aromatic carbocycles. The second-order valence-electron chi connectivity index (χ2n) is 15.4. The van der Waals surface area contributed by atoms with E-state index in [0.29, 0.717) is 6.42 Å². The van der Waals surface area contributed by atoms with Crippen LogP contribution < -0.4 is 5.32 Å². The van der Waals surface area contributed by atoms with Crippen LogP contribution in [-0.2, 0) is 27.9 Å². The van der Waals surface area contributed by atoms with Gasteiger partial charge in [0.1, 0.15) is 12.7 Å². The zero-order valence-electron chi connectivity index (χ0n) is 36.5. The summed E-state index contributed by atoms with van der Waals surface area (Å²) < 4.78 is 26.9. The Balaban J connectivity index is 3.59. The number of carbonyl (C=O) groups is 2. The fourth-order valence-corrected chi connectivity index (χ4v) is 6.96. The predicted molar refractivity (Wildman–Crippen MR) is 238 cm³/mol. The van der Waals surface area contributed by atoms with Crippen LogP contribution in [0.25, 0.3) is 0 Å². The highest BCUT2D eigenvalue weighted by Crippen LogP contribution is 2.42. The maximum atomic E-state index is 12.1. The molecule has 0 bridgehead atoms. The van der Waals surface area contributed by atoms with Gasteiger partial charge in [-0.2, -0.15) is 0 Å². The van der Waals surface area contributed by atoms with Crippen LogP contribution in [0.4, 0.5) is 0 Å². The third-order valence-corrected chi connectivity index (χ3v) is 10.7. The van der Waals surface area contributed by atoms with E-state index in [-0.39, 0.29) is 32.1 Å². The molecular weight excluding hydrogens is 737 g/mol. The maximum absolute atomic E-state index is 12.1. The first-order valence-corrected chi connectivity index (χ1v) is 24.6. The van der Waals surface area contributed by atoms with E-state index in [0.717, 1.165) is 64.2 Å². The first-order chi connectivity index (χ1) is 27.8. The molecule has 0 aromatic heterocycles. The molecule has 0 aliphatic carbocycles. The summed E-state index contributed by atoms with van der Waals surface area (Å²) in [5.41, 5.74) is 0. The minimum atomic E-state index is -4.42. The minimum Gasteiger partial charge on any atom is -0.463 e. The van der Waals surface area contributed by atoms with E-state index in [9.17, 15) is 24.2 Å². The van der Waals surface area contributed by atoms with Crippen molar-refractivity contribution in [2.24, 2.45) is 0 Å². The zero-order valence-corrected chi connectivity index (χ0v) is 37.4. The Hall–Kier alpha value is -2.03. The molecule has 57 heavy (non-hydrogen) atoms. The summed E-state index contributed by atoms with van der Waals surface area (Å²) in [6, 6.07) is 0. The van der Waals surface area contributed by atoms with E-state index in [4.69, 9.17) is 13.8 Å². The molecule has 0 spiro atoms. The first-order valence-electron chi connectivity index (χ1n) is 23.1. The molecule has 9 nitrogen and oxygen atoms in total. The quantitative estimate of drug-likeness (QED) is 0.0240. The maximum Gasteiger partial charge on any atom is 0.472 e. The van der Waals surface area contributed by atoms with Gasteiger partial charge >= 0.3 is 13.8 Å². The lowest BCUT2D eigenvalue weighted by Crippen LogP contribution is -2.27. The van der Waals surface area contributed by atoms with Gasteiger partial charge in [0.05, 0.1) is 13.2 Å². The highest BCUT2D eigenvalue weighted by molar-refractivity contribution is 7.47. The molecule has 3 N–H and O–H groups in total. The van der Waals surface area contributed by atoms with Crippen molar-refractivity contribution in [2.45, 2.75) is 213 Å². The smallest absolute Gasteiger partial charge is 0.463 e. The lowest BCUT2D eigenvalue weighted by Gasteiger charge is -2.15. The fourth-order valence-electron chi connectivity index (χ4n) is 6.21. The molecule has 0 fully saturated rings. The Bertz CT molecular complexity index is 1080. The van der Waals surface area contributed by atoms with Crippen molar-refractivity contribution in [2.75, 3.05) is 26.4 Å². The Kier molecular flexibility index (Phi) is 42.0. The Morgan fingerprint density at radius 1 is 0.544 bits per heavy atom. The number of aliphatic hydroxyl groups excluding tert-OH is 1. The number of nitrogens with one attached hydrogen (secondary N) is 1. The highest BCUT2D eigenvalue weighted by atomic mass is 31.2. The van der Waals surface area contributed by atoms with Gasteiger partial charge in [-0.25, -0.2) is 4.57 Å². The topological polar surface area (TPSA) is 131 Å². The summed E-state index contributed by atoms with van der Waals surface area (Å²) in [5, 5.41) is 12.7. The molecule has 0 saturated heterocycles. The van der Waals surface area contributed by atoms with Crippen LogP contribution in [0.2, 0.25) is 0 Å². The summed E-state index contributed by atoms with van der Waals surface area (Å²) in [7, 11) is -4.42. The van der Waals surface area contributed by atoms with Crippen molar-refractivity contribution >= 4 is 19.7 Å². The summed E-state index contributed by atoms with van der Waals surface area (Å²) >= 11 is 0. The van der Waals surface area contributed by atoms with Crippen molar-refractivity contribution in [1.29, 1.82) is 0 Å². The van der Waals surface area contributed by atoms with Gasteiger partial charge < -0.3 is 20.1 Å². The third-order valence-electron chi connectivity index (χ3n) is 9.73. The average molecular weight is 824 g/mol. The predicted octanol–water partition coefficient (Wildman–Crippen LogP) is 13.1.